The molecule has 2 amide bonds. The molecule has 0 unspecified atom stereocenters. The lowest BCUT2D eigenvalue weighted by Gasteiger charge is -2.14. The Balaban J connectivity index is 2.66. The molecule has 0 aliphatic rings. The van der Waals surface area contributed by atoms with Gasteiger partial charge in [0.25, 0.3) is 5.91 Å². The number of amides is 2. The first-order valence-corrected chi connectivity index (χ1v) is 7.92. The second kappa shape index (κ2) is 10.4. The molecule has 0 aliphatic heterocycles. The molecule has 1 aromatic carbocycles. The summed E-state index contributed by atoms with van der Waals surface area (Å²) < 4.78 is 15.6. The van der Waals surface area contributed by atoms with Gasteiger partial charge in [-0.15, -0.1) is 0 Å². The Hall–Kier alpha value is -2.44. The lowest BCUT2D eigenvalue weighted by atomic mass is 10.1. The summed E-state index contributed by atoms with van der Waals surface area (Å²) in [4.78, 5) is 23.9. The summed E-state index contributed by atoms with van der Waals surface area (Å²) in [7, 11) is 4.44. The van der Waals surface area contributed by atoms with Crippen molar-refractivity contribution in [2.75, 3.05) is 34.4 Å². The molecule has 0 saturated heterocycles. The topological polar surface area (TPSA) is 85.9 Å². The molecule has 0 aliphatic carbocycles. The number of nitrogens with one attached hydrogen (secondary N) is 2. The van der Waals surface area contributed by atoms with E-state index in [0.29, 0.717) is 29.4 Å². The van der Waals surface area contributed by atoms with Gasteiger partial charge in [-0.25, -0.2) is 0 Å². The smallest absolute Gasteiger partial charge is 0.251 e. The highest BCUT2D eigenvalue weighted by Gasteiger charge is 2.17. The van der Waals surface area contributed by atoms with Crippen LogP contribution in [0.25, 0.3) is 0 Å². The van der Waals surface area contributed by atoms with Crippen LogP contribution < -0.4 is 24.8 Å². The van der Waals surface area contributed by atoms with Gasteiger partial charge >= 0.3 is 0 Å². The number of unbranched alkanes of at least 4 members (excludes halogenated alkanes) is 2. The third-order valence-electron chi connectivity index (χ3n) is 3.44. The van der Waals surface area contributed by atoms with E-state index >= 15 is 0 Å². The highest BCUT2D eigenvalue weighted by atomic mass is 16.5. The molecule has 7 nitrogen and oxygen atoms in total. The van der Waals surface area contributed by atoms with Gasteiger partial charge in [0.1, 0.15) is 0 Å². The van der Waals surface area contributed by atoms with Gasteiger partial charge in [0.15, 0.2) is 11.5 Å². The first-order valence-electron chi connectivity index (χ1n) is 7.92. The van der Waals surface area contributed by atoms with Crippen molar-refractivity contribution in [1.82, 2.24) is 10.6 Å². The highest BCUT2D eigenvalue weighted by Crippen LogP contribution is 2.38. The van der Waals surface area contributed by atoms with E-state index in [2.05, 4.69) is 17.6 Å². The lowest BCUT2D eigenvalue weighted by molar-refractivity contribution is -0.120. The maximum atomic E-state index is 12.2. The van der Waals surface area contributed by atoms with Gasteiger partial charge in [0.05, 0.1) is 27.9 Å². The zero-order chi connectivity index (χ0) is 17.9. The van der Waals surface area contributed by atoms with Crippen molar-refractivity contribution in [3.8, 4) is 17.2 Å². The molecule has 0 bridgehead atoms. The fraction of sp³-hybridized carbons (Fsp3) is 0.529. The van der Waals surface area contributed by atoms with E-state index in [0.717, 1.165) is 19.3 Å². The summed E-state index contributed by atoms with van der Waals surface area (Å²) in [6.07, 6.45) is 3.09. The Labute approximate surface area is 142 Å². The van der Waals surface area contributed by atoms with Gasteiger partial charge in [0, 0.05) is 12.1 Å². The van der Waals surface area contributed by atoms with Crippen LogP contribution in [0.3, 0.4) is 0 Å². The summed E-state index contributed by atoms with van der Waals surface area (Å²) in [5.74, 6) is 0.562. The van der Waals surface area contributed by atoms with Crippen LogP contribution in [0, 0.1) is 0 Å². The van der Waals surface area contributed by atoms with Gasteiger partial charge in [-0.3, -0.25) is 9.59 Å². The molecular formula is C17H26N2O5. The van der Waals surface area contributed by atoms with Gasteiger partial charge < -0.3 is 24.8 Å². The average molecular weight is 338 g/mol. The Bertz CT molecular complexity index is 535. The maximum absolute atomic E-state index is 12.2. The van der Waals surface area contributed by atoms with Crippen LogP contribution in [0.5, 0.6) is 17.2 Å². The van der Waals surface area contributed by atoms with E-state index in [1.165, 1.54) is 33.5 Å². The van der Waals surface area contributed by atoms with Crippen LogP contribution in [-0.2, 0) is 4.79 Å². The Morgan fingerprint density at radius 3 is 2.08 bits per heavy atom. The van der Waals surface area contributed by atoms with Crippen molar-refractivity contribution in [3.63, 3.8) is 0 Å². The van der Waals surface area contributed by atoms with Crippen molar-refractivity contribution >= 4 is 11.8 Å². The predicted octanol–water partition coefficient (Wildman–Crippen LogP) is 1.75. The second-order valence-corrected chi connectivity index (χ2v) is 5.15. The zero-order valence-corrected chi connectivity index (χ0v) is 14.7. The summed E-state index contributed by atoms with van der Waals surface area (Å²) in [6.45, 7) is 2.63. The Kier molecular flexibility index (Phi) is 8.46. The van der Waals surface area contributed by atoms with E-state index < -0.39 is 5.91 Å². The molecule has 0 fully saturated rings. The van der Waals surface area contributed by atoms with E-state index in [1.807, 2.05) is 0 Å². The average Bonchev–Trinajstić information content (AvgIpc) is 2.61. The third-order valence-corrected chi connectivity index (χ3v) is 3.44. The molecule has 0 saturated carbocycles. The number of benzene rings is 1. The molecule has 0 spiro atoms. The van der Waals surface area contributed by atoms with Crippen LogP contribution in [0.15, 0.2) is 12.1 Å². The molecule has 2 N–H and O–H groups in total. The van der Waals surface area contributed by atoms with Crippen molar-refractivity contribution in [3.05, 3.63) is 17.7 Å². The van der Waals surface area contributed by atoms with Gasteiger partial charge in [0.2, 0.25) is 11.7 Å². The maximum Gasteiger partial charge on any atom is 0.251 e. The number of hydrogen-bond acceptors (Lipinski definition) is 5. The molecule has 1 rings (SSSR count). The summed E-state index contributed by atoms with van der Waals surface area (Å²) >= 11 is 0. The van der Waals surface area contributed by atoms with Crippen molar-refractivity contribution < 1.29 is 23.8 Å². The predicted molar refractivity (Wildman–Crippen MR) is 91.0 cm³/mol. The fourth-order valence-electron chi connectivity index (χ4n) is 2.14. The fourth-order valence-corrected chi connectivity index (χ4v) is 2.14. The molecule has 0 atom stereocenters. The van der Waals surface area contributed by atoms with E-state index in [1.54, 1.807) is 0 Å². The summed E-state index contributed by atoms with van der Waals surface area (Å²) in [5, 5.41) is 5.34. The quantitative estimate of drug-likeness (QED) is 0.635. The zero-order valence-electron chi connectivity index (χ0n) is 14.7. The third kappa shape index (κ3) is 5.64. The summed E-state index contributed by atoms with van der Waals surface area (Å²) in [5.41, 5.74) is 0.322. The van der Waals surface area contributed by atoms with Crippen molar-refractivity contribution in [1.29, 1.82) is 0 Å². The number of hydrogen-bond donors (Lipinski definition) is 2. The van der Waals surface area contributed by atoms with Crippen LogP contribution in [0.1, 0.15) is 36.5 Å². The van der Waals surface area contributed by atoms with Gasteiger partial charge in [-0.05, 0) is 18.6 Å². The molecule has 1 aromatic rings. The number of rotatable bonds is 10. The first kappa shape index (κ1) is 19.6. The number of methoxy groups -OCH3 is 3. The lowest BCUT2D eigenvalue weighted by Crippen LogP contribution is -2.37. The number of carbonyl (C=O) groups excluding carboxylic acids is 2. The van der Waals surface area contributed by atoms with E-state index in [-0.39, 0.29) is 12.5 Å². The molecule has 0 heterocycles. The van der Waals surface area contributed by atoms with Crippen LogP contribution in [0.4, 0.5) is 0 Å². The monoisotopic (exact) mass is 338 g/mol. The molecule has 0 radical (unpaired) electrons. The van der Waals surface area contributed by atoms with E-state index in [9.17, 15) is 9.59 Å². The second-order valence-electron chi connectivity index (χ2n) is 5.15. The van der Waals surface area contributed by atoms with Gasteiger partial charge in [-0.2, -0.15) is 0 Å². The minimum Gasteiger partial charge on any atom is -0.493 e. The number of ether oxygens (including phenoxy) is 3. The first-order chi connectivity index (χ1) is 11.6. The SMILES string of the molecule is CCCCCNC(=O)CNC(=O)c1cc(OC)c(OC)c(OC)c1. The summed E-state index contributed by atoms with van der Waals surface area (Å²) in [6, 6.07) is 3.08. The normalized spacial score (nSPS) is 10.0. The van der Waals surface area contributed by atoms with Crippen molar-refractivity contribution in [2.24, 2.45) is 0 Å². The molecule has 24 heavy (non-hydrogen) atoms. The minimum atomic E-state index is -0.391. The van der Waals surface area contributed by atoms with Crippen LogP contribution >= 0.6 is 0 Å². The number of carbonyl (C=O) groups is 2. The Morgan fingerprint density at radius 2 is 1.58 bits per heavy atom. The van der Waals surface area contributed by atoms with Gasteiger partial charge in [-0.1, -0.05) is 19.8 Å². The molecule has 134 valence electrons. The van der Waals surface area contributed by atoms with Crippen LogP contribution in [0.2, 0.25) is 0 Å². The standard InChI is InChI=1S/C17H26N2O5/c1-5-6-7-8-18-15(20)11-19-17(21)12-9-13(22-2)16(24-4)14(10-12)23-3/h9-10H,5-8,11H2,1-4H3,(H,18,20)(H,19,21). The highest BCUT2D eigenvalue weighted by molar-refractivity contribution is 5.97. The molecule has 0 aromatic heterocycles. The van der Waals surface area contributed by atoms with E-state index in [4.69, 9.17) is 14.2 Å². The minimum absolute atomic E-state index is 0.0817. The Morgan fingerprint density at radius 1 is 0.958 bits per heavy atom. The molecular weight excluding hydrogens is 312 g/mol. The van der Waals surface area contributed by atoms with Crippen molar-refractivity contribution in [2.45, 2.75) is 26.2 Å². The van der Waals surface area contributed by atoms with Crippen LogP contribution in [-0.4, -0.2) is 46.2 Å². The molecule has 7 heteroatoms. The largest absolute Gasteiger partial charge is 0.493 e.